The van der Waals surface area contributed by atoms with Crippen molar-refractivity contribution in [3.63, 3.8) is 0 Å². The number of nitrogens with one attached hydrogen (secondary N) is 1. The van der Waals surface area contributed by atoms with Gasteiger partial charge >= 0.3 is 5.97 Å². The van der Waals surface area contributed by atoms with Crippen LogP contribution in [0.4, 0.5) is 0 Å². The third-order valence-electron chi connectivity index (χ3n) is 2.23. The maximum Gasteiger partial charge on any atom is 0.320 e. The molecule has 0 amide bonds. The van der Waals surface area contributed by atoms with E-state index in [4.69, 9.17) is 5.11 Å². The molecule has 84 valence electrons. The maximum atomic E-state index is 10.9. The van der Waals surface area contributed by atoms with Crippen LogP contribution in [0.2, 0.25) is 0 Å². The van der Waals surface area contributed by atoms with Gasteiger partial charge in [-0.05, 0) is 5.92 Å². The summed E-state index contributed by atoms with van der Waals surface area (Å²) in [5.41, 5.74) is 0. The molecule has 1 aromatic rings. The first-order chi connectivity index (χ1) is 7.11. The number of aromatic nitrogens is 2. The smallest absolute Gasteiger partial charge is 0.320 e. The summed E-state index contributed by atoms with van der Waals surface area (Å²) < 4.78 is 1.91. The van der Waals surface area contributed by atoms with E-state index in [-0.39, 0.29) is 5.92 Å². The second kappa shape index (κ2) is 5.50. The molecule has 1 unspecified atom stereocenters. The predicted molar refractivity (Wildman–Crippen MR) is 56.5 cm³/mol. The highest BCUT2D eigenvalue weighted by Crippen LogP contribution is 2.01. The molecular weight excluding hydrogens is 194 g/mol. The lowest BCUT2D eigenvalue weighted by molar-refractivity contribution is -0.140. The van der Waals surface area contributed by atoms with Crippen LogP contribution in [-0.4, -0.2) is 33.2 Å². The van der Waals surface area contributed by atoms with E-state index in [2.05, 4.69) is 10.3 Å². The van der Waals surface area contributed by atoms with Crippen molar-refractivity contribution in [2.24, 2.45) is 5.92 Å². The van der Waals surface area contributed by atoms with E-state index in [1.807, 2.05) is 24.6 Å². The van der Waals surface area contributed by atoms with Gasteiger partial charge in [0.2, 0.25) is 0 Å². The molecule has 1 heterocycles. The first-order valence-electron chi connectivity index (χ1n) is 5.03. The Balaban J connectivity index is 2.31. The van der Waals surface area contributed by atoms with Crippen molar-refractivity contribution in [3.8, 4) is 0 Å². The van der Waals surface area contributed by atoms with Gasteiger partial charge in [-0.15, -0.1) is 0 Å². The van der Waals surface area contributed by atoms with E-state index < -0.39 is 12.0 Å². The van der Waals surface area contributed by atoms with Crippen LogP contribution < -0.4 is 5.32 Å². The van der Waals surface area contributed by atoms with Crippen LogP contribution in [-0.2, 0) is 11.3 Å². The minimum atomic E-state index is -0.796. The number of rotatable bonds is 6. The highest BCUT2D eigenvalue weighted by molar-refractivity contribution is 5.73. The van der Waals surface area contributed by atoms with Crippen LogP contribution in [0.15, 0.2) is 18.7 Å². The number of hydrogen-bond acceptors (Lipinski definition) is 3. The molecule has 15 heavy (non-hydrogen) atoms. The zero-order valence-corrected chi connectivity index (χ0v) is 9.05. The van der Waals surface area contributed by atoms with Crippen molar-refractivity contribution in [3.05, 3.63) is 18.7 Å². The first-order valence-corrected chi connectivity index (χ1v) is 5.03. The minimum absolute atomic E-state index is 0.0882. The number of carboxylic acid groups (broad SMARTS) is 1. The van der Waals surface area contributed by atoms with Crippen LogP contribution in [0.3, 0.4) is 0 Å². The Hall–Kier alpha value is -1.36. The average molecular weight is 211 g/mol. The summed E-state index contributed by atoms with van der Waals surface area (Å²) in [5, 5.41) is 11.9. The molecule has 0 spiro atoms. The lowest BCUT2D eigenvalue weighted by Crippen LogP contribution is -2.42. The van der Waals surface area contributed by atoms with Gasteiger partial charge in [0.05, 0.1) is 6.33 Å². The fourth-order valence-corrected chi connectivity index (χ4v) is 1.38. The number of carbonyl (C=O) groups is 1. The fourth-order valence-electron chi connectivity index (χ4n) is 1.38. The average Bonchev–Trinajstić information content (AvgIpc) is 2.63. The molecule has 0 aliphatic carbocycles. The van der Waals surface area contributed by atoms with Gasteiger partial charge < -0.3 is 15.0 Å². The van der Waals surface area contributed by atoms with E-state index in [1.165, 1.54) is 0 Å². The van der Waals surface area contributed by atoms with Crippen molar-refractivity contribution >= 4 is 5.97 Å². The van der Waals surface area contributed by atoms with Gasteiger partial charge in [0.25, 0.3) is 0 Å². The number of hydrogen-bond donors (Lipinski definition) is 2. The standard InChI is InChI=1S/C10H17N3O2/c1-8(2)9(10(14)15)12-4-6-13-5-3-11-7-13/h3,5,7-9,12H,4,6H2,1-2H3,(H,14,15). The van der Waals surface area contributed by atoms with Crippen molar-refractivity contribution in [2.45, 2.75) is 26.4 Å². The molecule has 2 N–H and O–H groups in total. The lowest BCUT2D eigenvalue weighted by atomic mass is 10.1. The summed E-state index contributed by atoms with van der Waals surface area (Å²) in [6, 6.07) is -0.478. The summed E-state index contributed by atoms with van der Waals surface area (Å²) in [5.74, 6) is -0.707. The zero-order valence-electron chi connectivity index (χ0n) is 9.05. The number of carboxylic acids is 1. The van der Waals surface area contributed by atoms with E-state index in [0.29, 0.717) is 6.54 Å². The molecule has 1 rings (SSSR count). The van der Waals surface area contributed by atoms with E-state index in [1.54, 1.807) is 12.5 Å². The van der Waals surface area contributed by atoms with Gasteiger partial charge in [0, 0.05) is 25.5 Å². The maximum absolute atomic E-state index is 10.9. The second-order valence-electron chi connectivity index (χ2n) is 3.81. The topological polar surface area (TPSA) is 67.2 Å². The monoisotopic (exact) mass is 211 g/mol. The molecule has 0 saturated heterocycles. The Morgan fingerprint density at radius 2 is 2.33 bits per heavy atom. The van der Waals surface area contributed by atoms with Crippen LogP contribution in [0, 0.1) is 5.92 Å². The van der Waals surface area contributed by atoms with Crippen molar-refractivity contribution in [2.75, 3.05) is 6.54 Å². The zero-order chi connectivity index (χ0) is 11.3. The molecule has 0 aromatic carbocycles. The quantitative estimate of drug-likeness (QED) is 0.722. The molecule has 0 aliphatic heterocycles. The Labute approximate surface area is 89.1 Å². The van der Waals surface area contributed by atoms with Gasteiger partial charge in [-0.3, -0.25) is 4.79 Å². The molecule has 0 radical (unpaired) electrons. The SMILES string of the molecule is CC(C)C(NCCn1ccnc1)C(=O)O. The van der Waals surface area contributed by atoms with Crippen LogP contribution in [0.1, 0.15) is 13.8 Å². The Bertz CT molecular complexity index is 296. The van der Waals surface area contributed by atoms with Gasteiger partial charge in [0.1, 0.15) is 6.04 Å². The third kappa shape index (κ3) is 3.71. The normalized spacial score (nSPS) is 13.0. The third-order valence-corrected chi connectivity index (χ3v) is 2.23. The Kier molecular flexibility index (Phi) is 4.30. The van der Waals surface area contributed by atoms with Gasteiger partial charge in [-0.2, -0.15) is 0 Å². The van der Waals surface area contributed by atoms with E-state index >= 15 is 0 Å². The van der Waals surface area contributed by atoms with E-state index in [0.717, 1.165) is 6.54 Å². The van der Waals surface area contributed by atoms with Gasteiger partial charge in [-0.1, -0.05) is 13.8 Å². The Morgan fingerprint density at radius 3 is 2.80 bits per heavy atom. The lowest BCUT2D eigenvalue weighted by Gasteiger charge is -2.17. The Morgan fingerprint density at radius 1 is 1.60 bits per heavy atom. The summed E-state index contributed by atoms with van der Waals surface area (Å²) in [6.45, 7) is 5.15. The molecule has 5 heteroatoms. The first kappa shape index (κ1) is 11.7. The van der Waals surface area contributed by atoms with Crippen LogP contribution in [0.5, 0.6) is 0 Å². The van der Waals surface area contributed by atoms with Gasteiger partial charge in [-0.25, -0.2) is 4.98 Å². The molecule has 1 atom stereocenters. The molecule has 1 aromatic heterocycles. The molecule has 0 bridgehead atoms. The second-order valence-corrected chi connectivity index (χ2v) is 3.81. The van der Waals surface area contributed by atoms with Crippen molar-refractivity contribution < 1.29 is 9.90 Å². The molecule has 0 saturated carbocycles. The summed E-state index contributed by atoms with van der Waals surface area (Å²) in [7, 11) is 0. The summed E-state index contributed by atoms with van der Waals surface area (Å²) >= 11 is 0. The largest absolute Gasteiger partial charge is 0.480 e. The van der Waals surface area contributed by atoms with Crippen LogP contribution in [0.25, 0.3) is 0 Å². The summed E-state index contributed by atoms with van der Waals surface area (Å²) in [4.78, 5) is 14.8. The minimum Gasteiger partial charge on any atom is -0.480 e. The fraction of sp³-hybridized carbons (Fsp3) is 0.600. The molecule has 0 fully saturated rings. The van der Waals surface area contributed by atoms with E-state index in [9.17, 15) is 4.79 Å². The number of aliphatic carboxylic acids is 1. The van der Waals surface area contributed by atoms with Crippen LogP contribution >= 0.6 is 0 Å². The number of imidazole rings is 1. The molecule has 5 nitrogen and oxygen atoms in total. The van der Waals surface area contributed by atoms with Crippen molar-refractivity contribution in [1.82, 2.24) is 14.9 Å². The van der Waals surface area contributed by atoms with Crippen molar-refractivity contribution in [1.29, 1.82) is 0 Å². The number of nitrogens with zero attached hydrogens (tertiary/aromatic N) is 2. The summed E-state index contributed by atoms with van der Waals surface area (Å²) in [6.07, 6.45) is 5.27. The highest BCUT2D eigenvalue weighted by atomic mass is 16.4. The highest BCUT2D eigenvalue weighted by Gasteiger charge is 2.19. The van der Waals surface area contributed by atoms with Gasteiger partial charge in [0.15, 0.2) is 0 Å². The predicted octanol–water partition coefficient (Wildman–Crippen LogP) is 0.582. The molecular formula is C10H17N3O2. The molecule has 0 aliphatic rings.